The molecule has 0 unspecified atom stereocenters. The molecule has 0 aromatic rings. The van der Waals surface area contributed by atoms with Crippen LogP contribution in [0.15, 0.2) is 11.5 Å². The molecule has 6 nitrogen and oxygen atoms in total. The van der Waals surface area contributed by atoms with E-state index in [9.17, 15) is 4.79 Å². The number of carbonyl (C=O) groups excluding carboxylic acids is 1. The second kappa shape index (κ2) is 3.39. The Morgan fingerprint density at radius 2 is 1.83 bits per heavy atom. The largest absolute Gasteiger partial charge is 0.449 e. The molecule has 1 saturated heterocycles. The van der Waals surface area contributed by atoms with Gasteiger partial charge in [0.25, 0.3) is 5.76 Å². The fraction of sp³-hybridized carbons (Fsp3) is 0.750. The van der Waals surface area contributed by atoms with Crippen LogP contribution in [0.5, 0.6) is 0 Å². The SMILES string of the molecule is CC1(C)OC2=C(O1)[C@@H]([C@@H]1COC(C)(C)O1)OC2=O. The molecule has 6 heteroatoms. The maximum Gasteiger partial charge on any atom is 0.378 e. The first-order valence-corrected chi connectivity index (χ1v) is 5.92. The van der Waals surface area contributed by atoms with Crippen LogP contribution in [0, 0.1) is 0 Å². The lowest BCUT2D eigenvalue weighted by molar-refractivity contribution is -0.185. The molecule has 2 atom stereocenters. The first kappa shape index (κ1) is 11.8. The van der Waals surface area contributed by atoms with Gasteiger partial charge in [-0.05, 0) is 13.8 Å². The molecular weight excluding hydrogens is 240 g/mol. The number of hydrogen-bond donors (Lipinski definition) is 0. The highest BCUT2D eigenvalue weighted by Gasteiger charge is 2.53. The molecule has 0 aliphatic carbocycles. The summed E-state index contributed by atoms with van der Waals surface area (Å²) in [6.45, 7) is 7.47. The summed E-state index contributed by atoms with van der Waals surface area (Å²) in [6.07, 6.45) is -0.954. The lowest BCUT2D eigenvalue weighted by Crippen LogP contribution is -2.35. The molecule has 3 heterocycles. The maximum absolute atomic E-state index is 11.7. The molecule has 0 aromatic carbocycles. The minimum atomic E-state index is -0.836. The fourth-order valence-electron chi connectivity index (χ4n) is 2.29. The van der Waals surface area contributed by atoms with E-state index >= 15 is 0 Å². The summed E-state index contributed by atoms with van der Waals surface area (Å²) in [4.78, 5) is 11.7. The monoisotopic (exact) mass is 256 g/mol. The summed E-state index contributed by atoms with van der Waals surface area (Å²) in [5.41, 5.74) is 0. The van der Waals surface area contributed by atoms with Gasteiger partial charge in [-0.25, -0.2) is 4.79 Å². The Bertz CT molecular complexity index is 436. The zero-order valence-corrected chi connectivity index (χ0v) is 10.8. The van der Waals surface area contributed by atoms with E-state index in [1.54, 1.807) is 13.8 Å². The fourth-order valence-corrected chi connectivity index (χ4v) is 2.29. The van der Waals surface area contributed by atoms with Gasteiger partial charge in [-0.15, -0.1) is 0 Å². The van der Waals surface area contributed by atoms with Crippen molar-refractivity contribution in [3.63, 3.8) is 0 Å². The second-order valence-corrected chi connectivity index (χ2v) is 5.49. The molecule has 0 aromatic heterocycles. The number of hydrogen-bond acceptors (Lipinski definition) is 6. The van der Waals surface area contributed by atoms with E-state index in [4.69, 9.17) is 23.7 Å². The van der Waals surface area contributed by atoms with Gasteiger partial charge >= 0.3 is 5.97 Å². The minimum absolute atomic E-state index is 0.151. The number of rotatable bonds is 1. The quantitative estimate of drug-likeness (QED) is 0.654. The molecule has 3 aliphatic rings. The van der Waals surface area contributed by atoms with E-state index in [1.165, 1.54) is 0 Å². The van der Waals surface area contributed by atoms with Crippen LogP contribution in [-0.4, -0.2) is 36.4 Å². The molecule has 0 bridgehead atoms. The van der Waals surface area contributed by atoms with E-state index in [2.05, 4.69) is 0 Å². The zero-order valence-electron chi connectivity index (χ0n) is 10.8. The van der Waals surface area contributed by atoms with Gasteiger partial charge in [0.2, 0.25) is 5.79 Å². The van der Waals surface area contributed by atoms with Crippen molar-refractivity contribution in [3.05, 3.63) is 11.5 Å². The summed E-state index contributed by atoms with van der Waals surface area (Å²) in [5, 5.41) is 0. The first-order chi connectivity index (χ1) is 8.27. The number of cyclic esters (lactones) is 1. The predicted molar refractivity (Wildman–Crippen MR) is 58.1 cm³/mol. The molecule has 3 aliphatic heterocycles. The third-order valence-electron chi connectivity index (χ3n) is 2.97. The molecule has 100 valence electrons. The topological polar surface area (TPSA) is 63.2 Å². The van der Waals surface area contributed by atoms with Crippen molar-refractivity contribution < 1.29 is 28.5 Å². The van der Waals surface area contributed by atoms with Crippen molar-refractivity contribution in [1.29, 1.82) is 0 Å². The van der Waals surface area contributed by atoms with E-state index < -0.39 is 23.6 Å². The van der Waals surface area contributed by atoms with Crippen LogP contribution in [0.2, 0.25) is 0 Å². The van der Waals surface area contributed by atoms with Crippen molar-refractivity contribution in [2.24, 2.45) is 0 Å². The van der Waals surface area contributed by atoms with Crippen LogP contribution < -0.4 is 0 Å². The van der Waals surface area contributed by atoms with Crippen LogP contribution in [0.1, 0.15) is 27.7 Å². The Kier molecular flexibility index (Phi) is 2.22. The van der Waals surface area contributed by atoms with Crippen LogP contribution >= 0.6 is 0 Å². The zero-order chi connectivity index (χ0) is 13.1. The first-order valence-electron chi connectivity index (χ1n) is 5.92. The predicted octanol–water partition coefficient (Wildman–Crippen LogP) is 1.06. The van der Waals surface area contributed by atoms with E-state index in [0.717, 1.165) is 0 Å². The third-order valence-corrected chi connectivity index (χ3v) is 2.97. The van der Waals surface area contributed by atoms with Gasteiger partial charge in [-0.1, -0.05) is 0 Å². The highest BCUT2D eigenvalue weighted by molar-refractivity contribution is 5.90. The van der Waals surface area contributed by atoms with E-state index in [1.807, 2.05) is 13.8 Å². The molecule has 0 spiro atoms. The lowest BCUT2D eigenvalue weighted by Gasteiger charge is -2.25. The van der Waals surface area contributed by atoms with E-state index in [0.29, 0.717) is 12.4 Å². The Balaban J connectivity index is 1.82. The highest BCUT2D eigenvalue weighted by atomic mass is 16.8. The van der Waals surface area contributed by atoms with Crippen molar-refractivity contribution in [1.82, 2.24) is 0 Å². The van der Waals surface area contributed by atoms with Gasteiger partial charge in [0.05, 0.1) is 6.61 Å². The molecule has 18 heavy (non-hydrogen) atoms. The summed E-state index contributed by atoms with van der Waals surface area (Å²) in [6, 6.07) is 0. The number of carbonyl (C=O) groups is 1. The average Bonchev–Trinajstić information content (AvgIpc) is 2.81. The van der Waals surface area contributed by atoms with Gasteiger partial charge in [-0.3, -0.25) is 0 Å². The van der Waals surface area contributed by atoms with Gasteiger partial charge in [-0.2, -0.15) is 0 Å². The van der Waals surface area contributed by atoms with Crippen molar-refractivity contribution in [3.8, 4) is 0 Å². The molecule has 0 radical (unpaired) electrons. The van der Waals surface area contributed by atoms with Crippen LogP contribution in [-0.2, 0) is 28.5 Å². The Morgan fingerprint density at radius 3 is 2.44 bits per heavy atom. The summed E-state index contributed by atoms with van der Waals surface area (Å²) >= 11 is 0. The molecular formula is C12H16O6. The van der Waals surface area contributed by atoms with Crippen LogP contribution in [0.4, 0.5) is 0 Å². The summed E-state index contributed by atoms with van der Waals surface area (Å²) in [5.74, 6) is -1.45. The second-order valence-electron chi connectivity index (χ2n) is 5.49. The molecule has 0 amide bonds. The highest BCUT2D eigenvalue weighted by Crippen LogP contribution is 2.41. The number of esters is 1. The Hall–Kier alpha value is -1.27. The number of ether oxygens (including phenoxy) is 5. The van der Waals surface area contributed by atoms with Crippen LogP contribution in [0.25, 0.3) is 0 Å². The molecule has 3 rings (SSSR count). The van der Waals surface area contributed by atoms with Crippen molar-refractivity contribution in [2.45, 2.75) is 51.5 Å². The van der Waals surface area contributed by atoms with Crippen molar-refractivity contribution >= 4 is 5.97 Å². The minimum Gasteiger partial charge on any atom is -0.449 e. The smallest absolute Gasteiger partial charge is 0.378 e. The lowest BCUT2D eigenvalue weighted by atomic mass is 10.2. The molecule has 0 saturated carbocycles. The Morgan fingerprint density at radius 1 is 1.11 bits per heavy atom. The summed E-state index contributed by atoms with van der Waals surface area (Å²) < 4.78 is 27.4. The van der Waals surface area contributed by atoms with Crippen molar-refractivity contribution in [2.75, 3.05) is 6.61 Å². The van der Waals surface area contributed by atoms with Gasteiger partial charge in [0.1, 0.15) is 6.10 Å². The van der Waals surface area contributed by atoms with Gasteiger partial charge < -0.3 is 23.7 Å². The normalized spacial score (nSPS) is 36.1. The van der Waals surface area contributed by atoms with Gasteiger partial charge in [0.15, 0.2) is 17.7 Å². The molecule has 0 N–H and O–H groups in total. The van der Waals surface area contributed by atoms with E-state index in [-0.39, 0.29) is 11.9 Å². The average molecular weight is 256 g/mol. The standard InChI is InChI=1S/C12H16O6/c1-11(2)14-5-6(16-11)7-8-9(10(13)15-7)18-12(3,4)17-8/h6-7H,5H2,1-4H3/t6-,7+/m0/s1. The van der Waals surface area contributed by atoms with Crippen LogP contribution in [0.3, 0.4) is 0 Å². The van der Waals surface area contributed by atoms with Gasteiger partial charge in [0, 0.05) is 13.8 Å². The Labute approximate surface area is 105 Å². The maximum atomic E-state index is 11.7. The molecule has 1 fully saturated rings. The third kappa shape index (κ3) is 1.76. The summed E-state index contributed by atoms with van der Waals surface area (Å²) in [7, 11) is 0.